The number of rotatable bonds is 7. The molecule has 4 rings (SSSR count). The van der Waals surface area contributed by atoms with Crippen molar-refractivity contribution in [2.45, 2.75) is 32.4 Å². The molecule has 10 nitrogen and oxygen atoms in total. The van der Waals surface area contributed by atoms with Gasteiger partial charge in [0.15, 0.2) is 5.82 Å². The van der Waals surface area contributed by atoms with Gasteiger partial charge in [0.2, 0.25) is 0 Å². The van der Waals surface area contributed by atoms with Gasteiger partial charge in [0, 0.05) is 44.2 Å². The molecule has 4 heterocycles. The van der Waals surface area contributed by atoms with E-state index in [1.165, 1.54) is 0 Å². The fourth-order valence-electron chi connectivity index (χ4n) is 3.79. The number of nitrogens with one attached hydrogen (secondary N) is 1. The minimum absolute atomic E-state index is 0.0332. The molecule has 1 unspecified atom stereocenters. The van der Waals surface area contributed by atoms with Crippen molar-refractivity contribution in [2.75, 3.05) is 42.3 Å². The zero-order valence-corrected chi connectivity index (χ0v) is 16.9. The molecular weight excluding hydrogens is 386 g/mol. The number of pyridine rings is 1. The molecule has 10 heteroatoms. The van der Waals surface area contributed by atoms with Crippen molar-refractivity contribution in [1.82, 2.24) is 14.8 Å². The third-order valence-corrected chi connectivity index (χ3v) is 5.19. The van der Waals surface area contributed by atoms with Crippen LogP contribution in [0.1, 0.15) is 30.1 Å². The number of anilines is 3. The van der Waals surface area contributed by atoms with E-state index in [0.717, 1.165) is 13.0 Å². The van der Waals surface area contributed by atoms with Crippen molar-refractivity contribution in [2.24, 2.45) is 5.92 Å². The predicted molar refractivity (Wildman–Crippen MR) is 110 cm³/mol. The van der Waals surface area contributed by atoms with Crippen LogP contribution in [0.3, 0.4) is 0 Å². The first-order valence-electron chi connectivity index (χ1n) is 10.1. The number of ether oxygens (including phenoxy) is 2. The van der Waals surface area contributed by atoms with E-state index in [9.17, 15) is 4.79 Å². The molecule has 158 valence electrons. The summed E-state index contributed by atoms with van der Waals surface area (Å²) in [7, 11) is 0. The van der Waals surface area contributed by atoms with Crippen molar-refractivity contribution in [3.05, 3.63) is 24.0 Å². The highest BCUT2D eigenvalue weighted by Gasteiger charge is 2.33. The second kappa shape index (κ2) is 8.59. The third-order valence-electron chi connectivity index (χ3n) is 5.19. The molecule has 0 aromatic carbocycles. The van der Waals surface area contributed by atoms with Crippen molar-refractivity contribution in [3.8, 4) is 11.8 Å². The summed E-state index contributed by atoms with van der Waals surface area (Å²) in [5.74, 6) is 1.18. The second-order valence-electron chi connectivity index (χ2n) is 7.54. The monoisotopic (exact) mass is 411 g/mol. The fraction of sp³-hybridized carbons (Fsp3) is 0.500. The normalized spacial score (nSPS) is 18.3. The standard InChI is InChI=1S/C20H25N7O3/c1-2-7-26-9-13(3-5-21)10-27-20(26)17(18(22)25-27)19(28)24-15-8-23-6-4-16(15)30-14-11-29-12-14/h4,6,8,13-14H,2-3,7,9-12H2,1H3,(H2,22,25)(H,24,28). The largest absolute Gasteiger partial charge is 0.483 e. The second-order valence-corrected chi connectivity index (χ2v) is 7.54. The lowest BCUT2D eigenvalue weighted by Gasteiger charge is -2.34. The number of carbonyl (C=O) groups excluding carboxylic acids is 1. The van der Waals surface area contributed by atoms with Gasteiger partial charge in [-0.25, -0.2) is 4.68 Å². The van der Waals surface area contributed by atoms with Gasteiger partial charge < -0.3 is 25.4 Å². The summed E-state index contributed by atoms with van der Waals surface area (Å²) in [6.07, 6.45) is 4.46. The topological polar surface area (TPSA) is 131 Å². The lowest BCUT2D eigenvalue weighted by Crippen LogP contribution is -2.40. The van der Waals surface area contributed by atoms with Crippen LogP contribution in [0.25, 0.3) is 0 Å². The van der Waals surface area contributed by atoms with E-state index in [1.807, 2.05) is 0 Å². The van der Waals surface area contributed by atoms with Crippen molar-refractivity contribution in [3.63, 3.8) is 0 Å². The van der Waals surface area contributed by atoms with Gasteiger partial charge in [-0.15, -0.1) is 0 Å². The van der Waals surface area contributed by atoms with Crippen LogP contribution in [-0.2, 0) is 11.3 Å². The van der Waals surface area contributed by atoms with Gasteiger partial charge in [-0.05, 0) is 6.42 Å². The van der Waals surface area contributed by atoms with Gasteiger partial charge in [0.1, 0.15) is 28.9 Å². The molecule has 0 radical (unpaired) electrons. The number of nitrogen functional groups attached to an aromatic ring is 1. The molecule has 1 saturated heterocycles. The smallest absolute Gasteiger partial charge is 0.263 e. The van der Waals surface area contributed by atoms with Crippen LogP contribution < -0.4 is 20.7 Å². The Morgan fingerprint density at radius 1 is 1.47 bits per heavy atom. The molecule has 0 saturated carbocycles. The minimum atomic E-state index is -0.365. The zero-order valence-electron chi connectivity index (χ0n) is 16.9. The van der Waals surface area contributed by atoms with E-state index >= 15 is 0 Å². The number of carbonyl (C=O) groups is 1. The van der Waals surface area contributed by atoms with E-state index in [0.29, 0.717) is 55.5 Å². The Morgan fingerprint density at radius 3 is 3.00 bits per heavy atom. The zero-order chi connectivity index (χ0) is 21.1. The number of aromatic nitrogens is 3. The molecule has 1 fully saturated rings. The molecule has 2 aromatic heterocycles. The average molecular weight is 411 g/mol. The Kier molecular flexibility index (Phi) is 5.72. The van der Waals surface area contributed by atoms with E-state index < -0.39 is 0 Å². The number of nitrogens with zero attached hydrogens (tertiary/aromatic N) is 5. The minimum Gasteiger partial charge on any atom is -0.483 e. The molecule has 30 heavy (non-hydrogen) atoms. The molecule has 0 spiro atoms. The van der Waals surface area contributed by atoms with Crippen LogP contribution >= 0.6 is 0 Å². The average Bonchev–Trinajstić information content (AvgIpc) is 3.02. The molecule has 2 aliphatic heterocycles. The number of nitriles is 1. The summed E-state index contributed by atoms with van der Waals surface area (Å²) in [6, 6.07) is 3.94. The van der Waals surface area contributed by atoms with Gasteiger partial charge in [-0.1, -0.05) is 6.92 Å². The first-order valence-corrected chi connectivity index (χ1v) is 10.1. The molecule has 0 bridgehead atoms. The highest BCUT2D eigenvalue weighted by atomic mass is 16.6. The van der Waals surface area contributed by atoms with Gasteiger partial charge >= 0.3 is 0 Å². The van der Waals surface area contributed by atoms with E-state index in [1.54, 1.807) is 23.1 Å². The summed E-state index contributed by atoms with van der Waals surface area (Å²) in [4.78, 5) is 19.4. The van der Waals surface area contributed by atoms with Gasteiger partial charge in [0.05, 0.1) is 25.5 Å². The highest BCUT2D eigenvalue weighted by Crippen LogP contribution is 2.34. The van der Waals surface area contributed by atoms with E-state index in [4.69, 9.17) is 20.5 Å². The molecular formula is C20H25N7O3. The summed E-state index contributed by atoms with van der Waals surface area (Å²) < 4.78 is 12.8. The van der Waals surface area contributed by atoms with Crippen molar-refractivity contribution in [1.29, 1.82) is 5.26 Å². The Bertz CT molecular complexity index is 964. The third kappa shape index (κ3) is 3.89. The lowest BCUT2D eigenvalue weighted by molar-refractivity contribution is -0.0794. The first kappa shape index (κ1) is 20.0. The summed E-state index contributed by atoms with van der Waals surface area (Å²) >= 11 is 0. The lowest BCUT2D eigenvalue weighted by atomic mass is 10.0. The predicted octanol–water partition coefficient (Wildman–Crippen LogP) is 1.65. The molecule has 2 aromatic rings. The molecule has 1 amide bonds. The van der Waals surface area contributed by atoms with Crippen LogP contribution in [0.5, 0.6) is 5.75 Å². The Labute approximate surface area is 174 Å². The van der Waals surface area contributed by atoms with Gasteiger partial charge in [0.25, 0.3) is 5.91 Å². The van der Waals surface area contributed by atoms with E-state index in [-0.39, 0.29) is 23.7 Å². The fourth-order valence-corrected chi connectivity index (χ4v) is 3.79. The number of amides is 1. The number of fused-ring (bicyclic) bond motifs is 1. The van der Waals surface area contributed by atoms with Crippen molar-refractivity contribution >= 4 is 23.2 Å². The van der Waals surface area contributed by atoms with Crippen LogP contribution in [0.15, 0.2) is 18.5 Å². The van der Waals surface area contributed by atoms with Crippen LogP contribution in [0.2, 0.25) is 0 Å². The van der Waals surface area contributed by atoms with Crippen LogP contribution in [0, 0.1) is 17.2 Å². The number of nitrogens with two attached hydrogens (primary N) is 1. The molecule has 3 N–H and O–H groups in total. The van der Waals surface area contributed by atoms with Crippen LogP contribution in [-0.4, -0.2) is 53.1 Å². The Hall–Kier alpha value is -3.32. The maximum absolute atomic E-state index is 13.2. The Morgan fingerprint density at radius 2 is 2.30 bits per heavy atom. The summed E-state index contributed by atoms with van der Waals surface area (Å²) in [6.45, 7) is 5.11. The SMILES string of the molecule is CCCN1CC(CC#N)Cn2nc(N)c(C(=O)Nc3cnccc3OC3COC3)c21. The summed E-state index contributed by atoms with van der Waals surface area (Å²) in [5, 5.41) is 16.4. The molecule has 0 aliphatic carbocycles. The maximum Gasteiger partial charge on any atom is 0.263 e. The van der Waals surface area contributed by atoms with Gasteiger partial charge in [-0.2, -0.15) is 10.4 Å². The van der Waals surface area contributed by atoms with Crippen LogP contribution in [0.4, 0.5) is 17.3 Å². The quantitative estimate of drug-likeness (QED) is 0.703. The van der Waals surface area contributed by atoms with Crippen molar-refractivity contribution < 1.29 is 14.3 Å². The number of hydrogen-bond donors (Lipinski definition) is 2. The molecule has 2 aliphatic rings. The van der Waals surface area contributed by atoms with E-state index in [2.05, 4.69) is 33.3 Å². The molecule has 1 atom stereocenters. The summed E-state index contributed by atoms with van der Waals surface area (Å²) in [5.41, 5.74) is 6.96. The van der Waals surface area contributed by atoms with Gasteiger partial charge in [-0.3, -0.25) is 9.78 Å². The maximum atomic E-state index is 13.2. The number of hydrogen-bond acceptors (Lipinski definition) is 8. The highest BCUT2D eigenvalue weighted by molar-refractivity contribution is 6.11. The Balaban J connectivity index is 1.61. The first-order chi connectivity index (χ1) is 14.6.